The van der Waals surface area contributed by atoms with Gasteiger partial charge < -0.3 is 4.74 Å². The molecule has 3 aromatic rings. The smallest absolute Gasteiger partial charge is 0.212 e. The number of alkyl halides is 1. The molecule has 0 aromatic heterocycles. The standard InChI is InChI=1S/C23H21FO4S/c1-28-19-14-12-18(13-15-19)22(25)16-21(17-8-4-2-5-9-17)23(24)29(26,27)20-10-6-3-7-11-20/h2-15,21,23H,16H2,1H3/t21-,23-/m1/s1. The van der Waals surface area contributed by atoms with E-state index in [-0.39, 0.29) is 17.1 Å². The Morgan fingerprint density at radius 1 is 0.897 bits per heavy atom. The molecule has 0 saturated heterocycles. The summed E-state index contributed by atoms with van der Waals surface area (Å²) in [6, 6.07) is 22.3. The van der Waals surface area contributed by atoms with Gasteiger partial charge in [0.1, 0.15) is 5.75 Å². The van der Waals surface area contributed by atoms with E-state index in [1.165, 1.54) is 19.2 Å². The van der Waals surface area contributed by atoms with Crippen LogP contribution in [0.15, 0.2) is 89.8 Å². The fraction of sp³-hybridized carbons (Fsp3) is 0.174. The van der Waals surface area contributed by atoms with Crippen LogP contribution in [0.4, 0.5) is 4.39 Å². The van der Waals surface area contributed by atoms with Crippen LogP contribution in [0, 0.1) is 0 Å². The normalized spacial score (nSPS) is 13.4. The number of hydrogen-bond donors (Lipinski definition) is 0. The molecule has 6 heteroatoms. The summed E-state index contributed by atoms with van der Waals surface area (Å²) in [6.07, 6.45) is -0.274. The van der Waals surface area contributed by atoms with E-state index in [4.69, 9.17) is 4.74 Å². The Bertz CT molecular complexity index is 1050. The van der Waals surface area contributed by atoms with E-state index in [1.807, 2.05) is 0 Å². The zero-order valence-corrected chi connectivity index (χ0v) is 16.7. The molecule has 0 aliphatic heterocycles. The van der Waals surface area contributed by atoms with E-state index in [1.54, 1.807) is 72.8 Å². The molecule has 0 N–H and O–H groups in total. The van der Waals surface area contributed by atoms with E-state index >= 15 is 4.39 Å². The van der Waals surface area contributed by atoms with Gasteiger partial charge in [-0.2, -0.15) is 0 Å². The average molecular weight is 412 g/mol. The maximum atomic E-state index is 15.5. The van der Waals surface area contributed by atoms with Gasteiger partial charge in [-0.3, -0.25) is 4.79 Å². The molecule has 0 fully saturated rings. The molecule has 3 rings (SSSR count). The second-order valence-electron chi connectivity index (χ2n) is 6.58. The molecule has 0 amide bonds. The highest BCUT2D eigenvalue weighted by Crippen LogP contribution is 2.33. The number of ether oxygens (including phenoxy) is 1. The third kappa shape index (κ3) is 4.71. The van der Waals surface area contributed by atoms with E-state index in [2.05, 4.69) is 0 Å². The molecule has 0 unspecified atom stereocenters. The van der Waals surface area contributed by atoms with Crippen LogP contribution in [-0.2, 0) is 9.84 Å². The number of halogens is 1. The SMILES string of the molecule is COc1ccc(C(=O)C[C@H](c2ccccc2)[C@H](F)S(=O)(=O)c2ccccc2)cc1. The first-order valence-corrected chi connectivity index (χ1v) is 10.6. The molecule has 0 saturated carbocycles. The number of hydrogen-bond acceptors (Lipinski definition) is 4. The van der Waals surface area contributed by atoms with E-state index in [0.29, 0.717) is 16.9 Å². The van der Waals surface area contributed by atoms with Crippen molar-refractivity contribution in [3.8, 4) is 5.75 Å². The van der Waals surface area contributed by atoms with Gasteiger partial charge >= 0.3 is 0 Å². The van der Waals surface area contributed by atoms with E-state index in [9.17, 15) is 13.2 Å². The summed E-state index contributed by atoms with van der Waals surface area (Å²) in [7, 11) is -2.75. The number of benzene rings is 3. The number of ketones is 1. The molecule has 29 heavy (non-hydrogen) atoms. The van der Waals surface area contributed by atoms with E-state index < -0.39 is 21.3 Å². The van der Waals surface area contributed by atoms with Gasteiger partial charge in [0.15, 0.2) is 5.78 Å². The highest BCUT2D eigenvalue weighted by atomic mass is 32.2. The molecular weight excluding hydrogens is 391 g/mol. The Labute approximate surface area is 169 Å². The Balaban J connectivity index is 1.93. The minimum absolute atomic E-state index is 0.106. The van der Waals surface area contributed by atoms with Crippen LogP contribution >= 0.6 is 0 Å². The van der Waals surface area contributed by atoms with Crippen molar-refractivity contribution in [2.75, 3.05) is 7.11 Å². The van der Waals surface area contributed by atoms with Crippen molar-refractivity contribution in [3.63, 3.8) is 0 Å². The Kier molecular flexibility index (Phi) is 6.44. The number of methoxy groups -OCH3 is 1. The Hall–Kier alpha value is -2.99. The molecule has 0 heterocycles. The number of rotatable bonds is 8. The fourth-order valence-electron chi connectivity index (χ4n) is 3.11. The van der Waals surface area contributed by atoms with Crippen LogP contribution < -0.4 is 4.74 Å². The predicted molar refractivity (Wildman–Crippen MR) is 110 cm³/mol. The van der Waals surface area contributed by atoms with Crippen LogP contribution in [0.2, 0.25) is 0 Å². The average Bonchev–Trinajstić information content (AvgIpc) is 2.78. The summed E-state index contributed by atoms with van der Waals surface area (Å²) < 4.78 is 46.2. The molecule has 4 nitrogen and oxygen atoms in total. The maximum absolute atomic E-state index is 15.5. The van der Waals surface area contributed by atoms with Crippen LogP contribution in [0.25, 0.3) is 0 Å². The highest BCUT2D eigenvalue weighted by molar-refractivity contribution is 7.92. The van der Waals surface area contributed by atoms with Crippen molar-refractivity contribution in [2.24, 2.45) is 0 Å². The molecule has 0 aliphatic rings. The van der Waals surface area contributed by atoms with Crippen molar-refractivity contribution in [1.29, 1.82) is 0 Å². The maximum Gasteiger partial charge on any atom is 0.212 e. The van der Waals surface area contributed by atoms with Crippen molar-refractivity contribution < 1.29 is 22.3 Å². The summed E-state index contributed by atoms with van der Waals surface area (Å²) in [6.45, 7) is 0. The third-order valence-electron chi connectivity index (χ3n) is 4.73. The number of Topliss-reactive ketones (excluding diaryl/α,β-unsaturated/α-hetero) is 1. The Morgan fingerprint density at radius 3 is 2.00 bits per heavy atom. The lowest BCUT2D eigenvalue weighted by Crippen LogP contribution is -2.26. The van der Waals surface area contributed by atoms with Crippen LogP contribution in [0.3, 0.4) is 0 Å². The first kappa shape index (κ1) is 20.7. The number of sulfone groups is 1. The number of carbonyl (C=O) groups excluding carboxylic acids is 1. The molecule has 0 aliphatic carbocycles. The summed E-state index contributed by atoms with van der Waals surface area (Å²) in [4.78, 5) is 12.7. The molecule has 0 radical (unpaired) electrons. The molecule has 0 bridgehead atoms. The lowest BCUT2D eigenvalue weighted by atomic mass is 9.92. The molecule has 150 valence electrons. The van der Waals surface area contributed by atoms with Crippen LogP contribution in [-0.4, -0.2) is 26.8 Å². The minimum atomic E-state index is -4.26. The first-order valence-electron chi connectivity index (χ1n) is 9.08. The second-order valence-corrected chi connectivity index (χ2v) is 8.59. The number of carbonyl (C=O) groups is 1. The van der Waals surface area contributed by atoms with Gasteiger partial charge in [-0.15, -0.1) is 0 Å². The van der Waals surface area contributed by atoms with Crippen molar-refractivity contribution in [3.05, 3.63) is 96.1 Å². The van der Waals surface area contributed by atoms with Gasteiger partial charge in [0.2, 0.25) is 15.3 Å². The summed E-state index contributed by atoms with van der Waals surface area (Å²) in [5.74, 6) is -0.875. The van der Waals surface area contributed by atoms with Gasteiger partial charge in [-0.05, 0) is 42.0 Å². The highest BCUT2D eigenvalue weighted by Gasteiger charge is 2.37. The summed E-state index contributed by atoms with van der Waals surface area (Å²) in [5, 5.41) is 0. The van der Waals surface area contributed by atoms with Gasteiger partial charge in [0.25, 0.3) is 0 Å². The van der Waals surface area contributed by atoms with Gasteiger partial charge in [-0.25, -0.2) is 12.8 Å². The summed E-state index contributed by atoms with van der Waals surface area (Å²) >= 11 is 0. The lowest BCUT2D eigenvalue weighted by Gasteiger charge is -2.21. The lowest BCUT2D eigenvalue weighted by molar-refractivity contribution is 0.0965. The van der Waals surface area contributed by atoms with Crippen LogP contribution in [0.1, 0.15) is 28.3 Å². The van der Waals surface area contributed by atoms with Gasteiger partial charge in [0, 0.05) is 17.9 Å². The molecule has 3 aromatic carbocycles. The Morgan fingerprint density at radius 2 is 1.45 bits per heavy atom. The largest absolute Gasteiger partial charge is 0.497 e. The molecular formula is C23H21FO4S. The predicted octanol–water partition coefficient (Wildman–Crippen LogP) is 4.82. The van der Waals surface area contributed by atoms with Gasteiger partial charge in [-0.1, -0.05) is 48.5 Å². The van der Waals surface area contributed by atoms with Crippen LogP contribution in [0.5, 0.6) is 5.75 Å². The first-order chi connectivity index (χ1) is 13.9. The molecule has 2 atom stereocenters. The zero-order valence-electron chi connectivity index (χ0n) is 15.9. The zero-order chi connectivity index (χ0) is 20.9. The molecule has 0 spiro atoms. The minimum Gasteiger partial charge on any atom is -0.497 e. The fourth-order valence-corrected chi connectivity index (χ4v) is 4.60. The van der Waals surface area contributed by atoms with Crippen molar-refractivity contribution >= 4 is 15.6 Å². The quantitative estimate of drug-likeness (QED) is 0.498. The van der Waals surface area contributed by atoms with Crippen molar-refractivity contribution in [2.45, 2.75) is 22.7 Å². The van der Waals surface area contributed by atoms with Gasteiger partial charge in [0.05, 0.1) is 12.0 Å². The van der Waals surface area contributed by atoms with Crippen molar-refractivity contribution in [1.82, 2.24) is 0 Å². The monoisotopic (exact) mass is 412 g/mol. The topological polar surface area (TPSA) is 60.4 Å². The second kappa shape index (κ2) is 9.01. The summed E-state index contributed by atoms with van der Waals surface area (Å²) in [5.41, 5.74) is -1.42. The third-order valence-corrected chi connectivity index (χ3v) is 6.58. The van der Waals surface area contributed by atoms with E-state index in [0.717, 1.165) is 0 Å².